The van der Waals surface area contributed by atoms with Crippen molar-refractivity contribution in [1.29, 1.82) is 0 Å². The quantitative estimate of drug-likeness (QED) is 0.275. The minimum absolute atomic E-state index is 0.0355. The second-order valence-corrected chi connectivity index (χ2v) is 10.5. The number of carbonyl (C=O) groups excluding carboxylic acids is 1. The SMILES string of the molecule is CC(Sc1nnc(Cc2cccs2)n1CCc1ccccc1)C(=O)N(C)Cc1cccc(F)c1. The zero-order chi connectivity index (χ0) is 23.9. The highest BCUT2D eigenvalue weighted by Crippen LogP contribution is 2.26. The summed E-state index contributed by atoms with van der Waals surface area (Å²) >= 11 is 3.12. The van der Waals surface area contributed by atoms with Crippen molar-refractivity contribution in [2.75, 3.05) is 7.05 Å². The molecule has 4 aromatic rings. The van der Waals surface area contributed by atoms with Crippen LogP contribution in [0.2, 0.25) is 0 Å². The Kier molecular flexibility index (Phi) is 8.13. The molecule has 34 heavy (non-hydrogen) atoms. The first-order chi connectivity index (χ1) is 16.5. The van der Waals surface area contributed by atoms with Crippen LogP contribution in [0.4, 0.5) is 4.39 Å². The van der Waals surface area contributed by atoms with Crippen LogP contribution in [-0.2, 0) is 30.7 Å². The van der Waals surface area contributed by atoms with E-state index in [2.05, 4.69) is 38.3 Å². The number of aryl methyl sites for hydroxylation is 1. The zero-order valence-corrected chi connectivity index (χ0v) is 20.9. The van der Waals surface area contributed by atoms with Crippen LogP contribution < -0.4 is 0 Å². The second-order valence-electron chi connectivity index (χ2n) is 8.13. The number of carbonyl (C=O) groups is 1. The van der Waals surface area contributed by atoms with Gasteiger partial charge in [0.05, 0.1) is 5.25 Å². The van der Waals surface area contributed by atoms with Crippen molar-refractivity contribution in [3.8, 4) is 0 Å². The Labute approximate surface area is 207 Å². The van der Waals surface area contributed by atoms with E-state index in [4.69, 9.17) is 0 Å². The minimum atomic E-state index is -0.354. The third-order valence-corrected chi connectivity index (χ3v) is 7.43. The molecule has 0 fully saturated rings. The van der Waals surface area contributed by atoms with E-state index in [1.165, 1.54) is 34.3 Å². The molecular formula is C26H27FN4OS2. The Hall–Kier alpha value is -2.97. The topological polar surface area (TPSA) is 51.0 Å². The maximum absolute atomic E-state index is 13.5. The minimum Gasteiger partial charge on any atom is -0.340 e. The molecule has 0 N–H and O–H groups in total. The number of hydrogen-bond donors (Lipinski definition) is 0. The van der Waals surface area contributed by atoms with E-state index >= 15 is 0 Å². The van der Waals surface area contributed by atoms with Crippen LogP contribution in [-0.4, -0.2) is 37.9 Å². The summed E-state index contributed by atoms with van der Waals surface area (Å²) in [6.07, 6.45) is 1.56. The zero-order valence-electron chi connectivity index (χ0n) is 19.2. The Balaban J connectivity index is 1.47. The Morgan fingerprint density at radius 3 is 2.62 bits per heavy atom. The largest absolute Gasteiger partial charge is 0.340 e. The molecule has 1 unspecified atom stereocenters. The molecular weight excluding hydrogens is 467 g/mol. The van der Waals surface area contributed by atoms with Gasteiger partial charge in [0.25, 0.3) is 0 Å². The summed E-state index contributed by atoms with van der Waals surface area (Å²) in [5, 5.41) is 11.4. The van der Waals surface area contributed by atoms with Crippen LogP contribution in [0.15, 0.2) is 77.3 Å². The van der Waals surface area contributed by atoms with Crippen LogP contribution in [0.3, 0.4) is 0 Å². The van der Waals surface area contributed by atoms with Gasteiger partial charge in [-0.3, -0.25) is 4.79 Å². The summed E-state index contributed by atoms with van der Waals surface area (Å²) < 4.78 is 15.7. The first kappa shape index (κ1) is 24.2. The van der Waals surface area contributed by atoms with Crippen molar-refractivity contribution in [3.63, 3.8) is 0 Å². The van der Waals surface area contributed by atoms with Crippen molar-refractivity contribution in [3.05, 3.63) is 99.8 Å². The molecule has 4 rings (SSSR count). The third-order valence-electron chi connectivity index (χ3n) is 5.49. The van der Waals surface area contributed by atoms with Crippen molar-refractivity contribution in [1.82, 2.24) is 19.7 Å². The molecule has 2 heterocycles. The summed E-state index contributed by atoms with van der Waals surface area (Å²) in [5.74, 6) is 0.561. The molecule has 0 aliphatic carbocycles. The predicted octanol–water partition coefficient (Wildman–Crippen LogP) is 5.45. The molecule has 5 nitrogen and oxygen atoms in total. The van der Waals surface area contributed by atoms with Gasteiger partial charge in [-0.2, -0.15) is 0 Å². The van der Waals surface area contributed by atoms with Gasteiger partial charge < -0.3 is 9.47 Å². The smallest absolute Gasteiger partial charge is 0.235 e. The molecule has 8 heteroatoms. The van der Waals surface area contributed by atoms with Gasteiger partial charge in [0.15, 0.2) is 5.16 Å². The number of nitrogens with zero attached hydrogens (tertiary/aromatic N) is 4. The fourth-order valence-corrected chi connectivity index (χ4v) is 5.43. The summed E-state index contributed by atoms with van der Waals surface area (Å²) in [6.45, 7) is 2.97. The fraction of sp³-hybridized carbons (Fsp3) is 0.269. The normalized spacial score (nSPS) is 12.0. The highest BCUT2D eigenvalue weighted by atomic mass is 32.2. The van der Waals surface area contributed by atoms with Gasteiger partial charge in [-0.05, 0) is 48.1 Å². The van der Waals surface area contributed by atoms with Crippen molar-refractivity contribution in [2.45, 2.75) is 43.3 Å². The number of amides is 1. The van der Waals surface area contributed by atoms with Gasteiger partial charge in [-0.15, -0.1) is 21.5 Å². The van der Waals surface area contributed by atoms with Gasteiger partial charge >= 0.3 is 0 Å². The van der Waals surface area contributed by atoms with Gasteiger partial charge in [0, 0.05) is 31.4 Å². The molecule has 176 valence electrons. The molecule has 0 saturated carbocycles. The number of thiophene rings is 1. The van der Waals surface area contributed by atoms with Crippen LogP contribution in [0.1, 0.15) is 28.8 Å². The van der Waals surface area contributed by atoms with E-state index < -0.39 is 0 Å². The monoisotopic (exact) mass is 494 g/mol. The fourth-order valence-electron chi connectivity index (χ4n) is 3.72. The van der Waals surface area contributed by atoms with E-state index in [0.717, 1.165) is 29.5 Å². The lowest BCUT2D eigenvalue weighted by molar-refractivity contribution is -0.129. The highest BCUT2D eigenvalue weighted by Gasteiger charge is 2.23. The Morgan fingerprint density at radius 1 is 1.09 bits per heavy atom. The standard InChI is InChI=1S/C26H27FN4OS2/c1-19(25(32)30(2)18-21-10-6-11-22(27)16-21)34-26-29-28-24(17-23-12-7-15-33-23)31(26)14-13-20-8-4-3-5-9-20/h3-12,15-16,19H,13-14,17-18H2,1-2H3. The van der Waals surface area contributed by atoms with E-state index in [0.29, 0.717) is 13.0 Å². The lowest BCUT2D eigenvalue weighted by Gasteiger charge is -2.21. The average Bonchev–Trinajstić information content (AvgIpc) is 3.48. The maximum Gasteiger partial charge on any atom is 0.235 e. The van der Waals surface area contributed by atoms with Gasteiger partial charge in [-0.25, -0.2) is 4.39 Å². The summed E-state index contributed by atoms with van der Waals surface area (Å²) in [4.78, 5) is 15.9. The molecule has 0 saturated heterocycles. The molecule has 0 aliphatic rings. The van der Waals surface area contributed by atoms with Crippen LogP contribution >= 0.6 is 23.1 Å². The van der Waals surface area contributed by atoms with Crippen molar-refractivity contribution >= 4 is 29.0 Å². The number of benzene rings is 2. The third kappa shape index (κ3) is 6.33. The lowest BCUT2D eigenvalue weighted by atomic mass is 10.1. The van der Waals surface area contributed by atoms with Crippen molar-refractivity contribution in [2.24, 2.45) is 0 Å². The number of thioether (sulfide) groups is 1. The molecule has 1 amide bonds. The second kappa shape index (κ2) is 11.4. The average molecular weight is 495 g/mol. The van der Waals surface area contributed by atoms with Gasteiger partial charge in [0.1, 0.15) is 11.6 Å². The van der Waals surface area contributed by atoms with Crippen molar-refractivity contribution < 1.29 is 9.18 Å². The molecule has 2 aromatic carbocycles. The first-order valence-electron chi connectivity index (χ1n) is 11.1. The van der Waals surface area contributed by atoms with Gasteiger partial charge in [-0.1, -0.05) is 60.3 Å². The number of halogens is 1. The molecule has 0 bridgehead atoms. The Morgan fingerprint density at radius 2 is 1.88 bits per heavy atom. The van der Waals surface area contributed by atoms with E-state index in [1.54, 1.807) is 29.4 Å². The number of aromatic nitrogens is 3. The van der Waals surface area contributed by atoms with Gasteiger partial charge in [0.2, 0.25) is 5.91 Å². The lowest BCUT2D eigenvalue weighted by Crippen LogP contribution is -2.33. The maximum atomic E-state index is 13.5. The van der Waals surface area contributed by atoms with Crippen LogP contribution in [0.25, 0.3) is 0 Å². The molecule has 1 atom stereocenters. The summed E-state index contributed by atoms with van der Waals surface area (Å²) in [5.41, 5.74) is 2.01. The first-order valence-corrected chi connectivity index (χ1v) is 12.9. The summed E-state index contributed by atoms with van der Waals surface area (Å²) in [6, 6.07) is 20.8. The molecule has 0 aliphatic heterocycles. The van der Waals surface area contributed by atoms with Crippen LogP contribution in [0, 0.1) is 5.82 Å². The highest BCUT2D eigenvalue weighted by molar-refractivity contribution is 8.00. The van der Waals surface area contributed by atoms with E-state index in [-0.39, 0.29) is 17.0 Å². The van der Waals surface area contributed by atoms with E-state index in [9.17, 15) is 9.18 Å². The predicted molar refractivity (Wildman–Crippen MR) is 135 cm³/mol. The molecule has 2 aromatic heterocycles. The number of rotatable bonds is 10. The molecule has 0 spiro atoms. The van der Waals surface area contributed by atoms with E-state index in [1.807, 2.05) is 37.3 Å². The Bertz CT molecular complexity index is 1210. The molecule has 0 radical (unpaired) electrons. The van der Waals surface area contributed by atoms with Crippen LogP contribution in [0.5, 0.6) is 0 Å². The summed E-state index contributed by atoms with van der Waals surface area (Å²) in [7, 11) is 1.74. The number of hydrogen-bond acceptors (Lipinski definition) is 5.